The molecule has 1 aromatic carbocycles. The molecule has 0 bridgehead atoms. The van der Waals surface area contributed by atoms with Crippen molar-refractivity contribution in [2.75, 3.05) is 31.2 Å². The molecule has 122 valence electrons. The van der Waals surface area contributed by atoms with Crippen molar-refractivity contribution in [2.24, 2.45) is 0 Å². The van der Waals surface area contributed by atoms with E-state index in [2.05, 4.69) is 27.0 Å². The number of nitrogens with zero attached hydrogens (tertiary/aromatic N) is 3. The van der Waals surface area contributed by atoms with Gasteiger partial charge in [0.05, 0.1) is 19.8 Å². The first-order valence-corrected chi connectivity index (χ1v) is 7.96. The van der Waals surface area contributed by atoms with E-state index >= 15 is 0 Å². The predicted molar refractivity (Wildman–Crippen MR) is 89.6 cm³/mol. The number of benzene rings is 1. The number of aliphatic hydroxyl groups is 1. The molecule has 1 atom stereocenters. The Balaban J connectivity index is 1.82. The highest BCUT2D eigenvalue weighted by molar-refractivity contribution is 5.34. The number of hydrogen-bond acceptors (Lipinski definition) is 5. The van der Waals surface area contributed by atoms with Crippen molar-refractivity contribution in [2.45, 2.75) is 25.9 Å². The van der Waals surface area contributed by atoms with Crippen LogP contribution < -0.4 is 4.90 Å². The first kappa shape index (κ1) is 15.9. The Morgan fingerprint density at radius 3 is 2.52 bits per heavy atom. The van der Waals surface area contributed by atoms with Crippen molar-refractivity contribution >= 4 is 5.95 Å². The number of aromatic nitrogens is 2. The van der Waals surface area contributed by atoms with Crippen LogP contribution in [0, 0.1) is 13.8 Å². The van der Waals surface area contributed by atoms with E-state index in [1.165, 1.54) is 0 Å². The molecule has 1 fully saturated rings. The fraction of sp³-hybridized carbons (Fsp3) is 0.444. The van der Waals surface area contributed by atoms with E-state index < -0.39 is 5.60 Å². The number of morpholine rings is 1. The molecule has 3 rings (SSSR count). The Labute approximate surface area is 137 Å². The van der Waals surface area contributed by atoms with Crippen LogP contribution in [0.1, 0.15) is 17.0 Å². The minimum atomic E-state index is -0.611. The average Bonchev–Trinajstić information content (AvgIpc) is 2.55. The maximum Gasteiger partial charge on any atom is 0.225 e. The van der Waals surface area contributed by atoms with E-state index in [0.29, 0.717) is 19.6 Å². The van der Waals surface area contributed by atoms with Crippen LogP contribution in [0.3, 0.4) is 0 Å². The van der Waals surface area contributed by atoms with Gasteiger partial charge in [-0.05, 0) is 25.5 Å². The van der Waals surface area contributed by atoms with Crippen molar-refractivity contribution in [3.63, 3.8) is 0 Å². The minimum absolute atomic E-state index is 0.0246. The SMILES string of the molecule is Cc1cc(C)nc(N2CCO[C@@](CO)(Cc3ccccc3)C2)n1. The largest absolute Gasteiger partial charge is 0.393 e. The smallest absolute Gasteiger partial charge is 0.225 e. The zero-order valence-corrected chi connectivity index (χ0v) is 13.7. The summed E-state index contributed by atoms with van der Waals surface area (Å²) in [5.74, 6) is 0.719. The molecule has 0 amide bonds. The van der Waals surface area contributed by atoms with Crippen LogP contribution in [-0.4, -0.2) is 47.0 Å². The molecule has 2 heterocycles. The van der Waals surface area contributed by atoms with Crippen molar-refractivity contribution in [3.8, 4) is 0 Å². The quantitative estimate of drug-likeness (QED) is 0.934. The average molecular weight is 313 g/mol. The molecule has 1 N–H and O–H groups in total. The van der Waals surface area contributed by atoms with Crippen molar-refractivity contribution < 1.29 is 9.84 Å². The monoisotopic (exact) mass is 313 g/mol. The molecule has 1 aromatic heterocycles. The number of rotatable bonds is 4. The summed E-state index contributed by atoms with van der Waals surface area (Å²) in [5, 5.41) is 9.98. The van der Waals surface area contributed by atoms with Gasteiger partial charge in [-0.3, -0.25) is 0 Å². The predicted octanol–water partition coefficient (Wildman–Crippen LogP) is 1.90. The lowest BCUT2D eigenvalue weighted by Gasteiger charge is -2.42. The van der Waals surface area contributed by atoms with Gasteiger partial charge in [0.2, 0.25) is 5.95 Å². The van der Waals surface area contributed by atoms with Crippen LogP contribution in [0.5, 0.6) is 0 Å². The Morgan fingerprint density at radius 1 is 1.17 bits per heavy atom. The number of hydrogen-bond donors (Lipinski definition) is 1. The van der Waals surface area contributed by atoms with Crippen LogP contribution in [0.25, 0.3) is 0 Å². The topological polar surface area (TPSA) is 58.5 Å². The van der Waals surface area contributed by atoms with E-state index in [9.17, 15) is 5.11 Å². The maximum atomic E-state index is 9.98. The highest BCUT2D eigenvalue weighted by atomic mass is 16.5. The van der Waals surface area contributed by atoms with Crippen LogP contribution >= 0.6 is 0 Å². The standard InChI is InChI=1S/C18H23N3O2/c1-14-10-15(2)20-17(19-14)21-8-9-23-18(12-21,13-22)11-16-6-4-3-5-7-16/h3-7,10,22H,8-9,11-13H2,1-2H3/t18-/m0/s1. The maximum absolute atomic E-state index is 9.98. The highest BCUT2D eigenvalue weighted by Gasteiger charge is 2.37. The molecular formula is C18H23N3O2. The summed E-state index contributed by atoms with van der Waals surface area (Å²) in [6, 6.07) is 12.1. The van der Waals surface area contributed by atoms with Gasteiger partial charge >= 0.3 is 0 Å². The summed E-state index contributed by atoms with van der Waals surface area (Å²) in [4.78, 5) is 11.2. The Morgan fingerprint density at radius 2 is 1.87 bits per heavy atom. The second-order valence-corrected chi connectivity index (χ2v) is 6.22. The third-order valence-electron chi connectivity index (χ3n) is 4.16. The van der Waals surface area contributed by atoms with Gasteiger partial charge in [0, 0.05) is 24.4 Å². The molecule has 0 aliphatic carbocycles. The molecule has 1 aliphatic rings. The van der Waals surface area contributed by atoms with E-state index in [4.69, 9.17) is 4.74 Å². The van der Waals surface area contributed by atoms with Crippen LogP contribution in [0.15, 0.2) is 36.4 Å². The molecule has 0 radical (unpaired) electrons. The van der Waals surface area contributed by atoms with E-state index in [1.807, 2.05) is 38.1 Å². The summed E-state index contributed by atoms with van der Waals surface area (Å²) in [6.07, 6.45) is 0.672. The van der Waals surface area contributed by atoms with Gasteiger partial charge in [-0.1, -0.05) is 30.3 Å². The molecule has 0 saturated carbocycles. The van der Waals surface area contributed by atoms with Gasteiger partial charge in [-0.15, -0.1) is 0 Å². The van der Waals surface area contributed by atoms with Crippen LogP contribution in [-0.2, 0) is 11.2 Å². The van der Waals surface area contributed by atoms with E-state index in [1.54, 1.807) is 0 Å². The lowest BCUT2D eigenvalue weighted by molar-refractivity contribution is -0.0871. The summed E-state index contributed by atoms with van der Waals surface area (Å²) >= 11 is 0. The first-order valence-electron chi connectivity index (χ1n) is 7.96. The van der Waals surface area contributed by atoms with Crippen LogP contribution in [0.2, 0.25) is 0 Å². The van der Waals surface area contributed by atoms with Crippen molar-refractivity contribution in [3.05, 3.63) is 53.3 Å². The number of ether oxygens (including phenoxy) is 1. The Kier molecular flexibility index (Phi) is 4.59. The van der Waals surface area contributed by atoms with E-state index in [-0.39, 0.29) is 6.61 Å². The van der Waals surface area contributed by atoms with Gasteiger partial charge in [-0.25, -0.2) is 9.97 Å². The van der Waals surface area contributed by atoms with Crippen molar-refractivity contribution in [1.82, 2.24) is 9.97 Å². The summed E-state index contributed by atoms with van der Waals surface area (Å²) in [5.41, 5.74) is 2.46. The first-order chi connectivity index (χ1) is 11.1. The molecule has 23 heavy (non-hydrogen) atoms. The molecule has 1 aliphatic heterocycles. The van der Waals surface area contributed by atoms with Gasteiger partial charge in [-0.2, -0.15) is 0 Å². The zero-order chi connectivity index (χ0) is 16.3. The summed E-state index contributed by atoms with van der Waals surface area (Å²) in [6.45, 7) is 5.80. The molecule has 0 spiro atoms. The fourth-order valence-corrected chi connectivity index (χ4v) is 3.09. The Bertz CT molecular complexity index is 642. The lowest BCUT2D eigenvalue weighted by atomic mass is 9.93. The van der Waals surface area contributed by atoms with Crippen molar-refractivity contribution in [1.29, 1.82) is 0 Å². The van der Waals surface area contributed by atoms with Gasteiger partial charge in [0.15, 0.2) is 0 Å². The van der Waals surface area contributed by atoms with Gasteiger partial charge < -0.3 is 14.7 Å². The molecular weight excluding hydrogens is 290 g/mol. The second kappa shape index (κ2) is 6.64. The lowest BCUT2D eigenvalue weighted by Crippen LogP contribution is -2.56. The zero-order valence-electron chi connectivity index (χ0n) is 13.7. The number of aryl methyl sites for hydroxylation is 2. The van der Waals surface area contributed by atoms with Gasteiger partial charge in [0.25, 0.3) is 0 Å². The highest BCUT2D eigenvalue weighted by Crippen LogP contribution is 2.25. The third-order valence-corrected chi connectivity index (χ3v) is 4.16. The second-order valence-electron chi connectivity index (χ2n) is 6.22. The molecule has 5 heteroatoms. The fourth-order valence-electron chi connectivity index (χ4n) is 3.09. The van der Waals surface area contributed by atoms with Gasteiger partial charge in [0.1, 0.15) is 5.60 Å². The number of anilines is 1. The molecule has 0 unspecified atom stereocenters. The van der Waals surface area contributed by atoms with Crippen LogP contribution in [0.4, 0.5) is 5.95 Å². The molecule has 1 saturated heterocycles. The molecule has 2 aromatic rings. The normalized spacial score (nSPS) is 21.4. The minimum Gasteiger partial charge on any atom is -0.393 e. The third kappa shape index (κ3) is 3.68. The molecule has 5 nitrogen and oxygen atoms in total. The summed E-state index contributed by atoms with van der Waals surface area (Å²) in [7, 11) is 0. The summed E-state index contributed by atoms with van der Waals surface area (Å²) < 4.78 is 5.98. The van der Waals surface area contributed by atoms with E-state index in [0.717, 1.165) is 29.4 Å². The number of aliphatic hydroxyl groups excluding tert-OH is 1. The Hall–Kier alpha value is -1.98.